The first kappa shape index (κ1) is 30.8. The molecular weight excluding hydrogens is 472 g/mol. The summed E-state index contributed by atoms with van der Waals surface area (Å²) in [5, 5.41) is 42.1. The number of esters is 1. The predicted octanol–water partition coefficient (Wildman–Crippen LogP) is 1.26. The van der Waals surface area contributed by atoms with E-state index in [0.717, 1.165) is 0 Å². The second-order valence-corrected chi connectivity index (χ2v) is 10.7. The van der Waals surface area contributed by atoms with Crippen LogP contribution in [0.2, 0.25) is 0 Å². The summed E-state index contributed by atoms with van der Waals surface area (Å²) in [6.45, 7) is 7.14. The highest BCUT2D eigenvalue weighted by molar-refractivity contribution is 5.86. The summed E-state index contributed by atoms with van der Waals surface area (Å²) in [5.74, 6) is -3.17. The number of aliphatic hydroxyl groups is 4. The van der Waals surface area contributed by atoms with Crippen molar-refractivity contribution in [3.05, 3.63) is 11.6 Å². The summed E-state index contributed by atoms with van der Waals surface area (Å²) >= 11 is 0. The van der Waals surface area contributed by atoms with Gasteiger partial charge in [-0.3, -0.25) is 4.79 Å². The van der Waals surface area contributed by atoms with E-state index in [2.05, 4.69) is 0 Å². The first-order chi connectivity index (χ1) is 16.8. The molecule has 0 saturated carbocycles. The number of rotatable bonds is 6. The molecule has 0 aromatic heterocycles. The zero-order valence-corrected chi connectivity index (χ0v) is 22.3. The third kappa shape index (κ3) is 7.56. The van der Waals surface area contributed by atoms with Crippen LogP contribution < -0.4 is 0 Å². The summed E-state index contributed by atoms with van der Waals surface area (Å²) in [6, 6.07) is 0. The van der Waals surface area contributed by atoms with E-state index < -0.39 is 53.8 Å². The van der Waals surface area contributed by atoms with Crippen molar-refractivity contribution in [1.82, 2.24) is 0 Å². The van der Waals surface area contributed by atoms with E-state index in [1.807, 2.05) is 13.0 Å². The largest absolute Gasteiger partial charge is 0.456 e. The van der Waals surface area contributed by atoms with Crippen LogP contribution in [0.15, 0.2) is 11.6 Å². The molecule has 36 heavy (non-hydrogen) atoms. The van der Waals surface area contributed by atoms with Crippen molar-refractivity contribution in [2.45, 2.75) is 109 Å². The standard InChI is InChI=1S/C26H44O10/c1-7-16(14-27)8-15(2)19-10-18(33-5)11-22-25(3,4)21(29)13-26(32,36-22)12-17(28)9-20(34-6)23(30)24(31)35-19/h8,16-20,22-23,27-28,30,32H,7,9-14H2,1-6H3. The summed E-state index contributed by atoms with van der Waals surface area (Å²) in [4.78, 5) is 26.0. The molecule has 2 heterocycles. The fourth-order valence-electron chi connectivity index (χ4n) is 4.88. The van der Waals surface area contributed by atoms with Gasteiger partial charge in [0.05, 0.1) is 30.8 Å². The van der Waals surface area contributed by atoms with E-state index in [1.165, 1.54) is 14.2 Å². The third-order valence-corrected chi connectivity index (χ3v) is 7.59. The Balaban J connectivity index is 2.49. The van der Waals surface area contributed by atoms with E-state index in [1.54, 1.807) is 20.8 Å². The minimum atomic E-state index is -1.91. The quantitative estimate of drug-likeness (QED) is 0.300. The minimum Gasteiger partial charge on any atom is -0.456 e. The first-order valence-corrected chi connectivity index (χ1v) is 12.6. The highest BCUT2D eigenvalue weighted by Crippen LogP contribution is 2.42. The van der Waals surface area contributed by atoms with E-state index in [4.69, 9.17) is 18.9 Å². The first-order valence-electron chi connectivity index (χ1n) is 12.6. The van der Waals surface area contributed by atoms with Crippen molar-refractivity contribution < 1.29 is 49.0 Å². The number of carbonyl (C=O) groups excluding carboxylic acids is 2. The zero-order chi connectivity index (χ0) is 27.3. The van der Waals surface area contributed by atoms with Crippen LogP contribution in [0.4, 0.5) is 0 Å². The topological polar surface area (TPSA) is 152 Å². The molecule has 0 amide bonds. The second kappa shape index (κ2) is 12.9. The SMILES string of the molecule is CCC(C=C(C)C1CC(OC)CC2OC(O)(CC(=O)C2(C)C)CC(O)CC(OC)C(O)C(=O)O1)CO. The van der Waals surface area contributed by atoms with E-state index in [-0.39, 0.29) is 50.4 Å². The van der Waals surface area contributed by atoms with E-state index in [0.29, 0.717) is 12.0 Å². The van der Waals surface area contributed by atoms with E-state index in [9.17, 15) is 30.0 Å². The number of cyclic esters (lactones) is 1. The average Bonchev–Trinajstić information content (AvgIpc) is 2.81. The van der Waals surface area contributed by atoms with Gasteiger partial charge in [0, 0.05) is 57.8 Å². The van der Waals surface area contributed by atoms with Crippen molar-refractivity contribution in [2.24, 2.45) is 11.3 Å². The van der Waals surface area contributed by atoms with Gasteiger partial charge in [-0.1, -0.05) is 26.8 Å². The molecule has 2 aliphatic rings. The maximum atomic E-state index is 13.0. The van der Waals surface area contributed by atoms with Crippen LogP contribution in [0.5, 0.6) is 0 Å². The number of aliphatic hydroxyl groups excluding tert-OH is 3. The predicted molar refractivity (Wildman–Crippen MR) is 130 cm³/mol. The van der Waals surface area contributed by atoms with Crippen molar-refractivity contribution in [3.8, 4) is 0 Å². The molecule has 10 heteroatoms. The lowest BCUT2D eigenvalue weighted by Crippen LogP contribution is -2.56. The maximum Gasteiger partial charge on any atom is 0.338 e. The molecule has 2 fully saturated rings. The lowest BCUT2D eigenvalue weighted by atomic mass is 9.73. The number of ether oxygens (including phenoxy) is 4. The van der Waals surface area contributed by atoms with Crippen molar-refractivity contribution in [1.29, 1.82) is 0 Å². The third-order valence-electron chi connectivity index (χ3n) is 7.59. The lowest BCUT2D eigenvalue weighted by Gasteiger charge is -2.47. The molecule has 8 atom stereocenters. The lowest BCUT2D eigenvalue weighted by molar-refractivity contribution is -0.283. The number of carbonyl (C=O) groups is 2. The van der Waals surface area contributed by atoms with Crippen LogP contribution in [0.25, 0.3) is 0 Å². The van der Waals surface area contributed by atoms with Crippen molar-refractivity contribution >= 4 is 11.8 Å². The molecule has 0 radical (unpaired) electrons. The van der Waals surface area contributed by atoms with Crippen LogP contribution in [-0.4, -0.2) is 95.4 Å². The molecule has 2 saturated heterocycles. The van der Waals surface area contributed by atoms with Gasteiger partial charge in [-0.05, 0) is 18.9 Å². The Morgan fingerprint density at radius 3 is 2.39 bits per heavy atom. The molecule has 2 aliphatic heterocycles. The van der Waals surface area contributed by atoms with Gasteiger partial charge < -0.3 is 39.4 Å². The second-order valence-electron chi connectivity index (χ2n) is 10.7. The molecule has 0 spiro atoms. The monoisotopic (exact) mass is 516 g/mol. The average molecular weight is 517 g/mol. The molecular formula is C26H44O10. The van der Waals surface area contributed by atoms with E-state index >= 15 is 0 Å². The number of ketones is 1. The van der Waals surface area contributed by atoms with Crippen LogP contribution in [-0.2, 0) is 28.5 Å². The van der Waals surface area contributed by atoms with Crippen LogP contribution in [0, 0.1) is 11.3 Å². The summed E-state index contributed by atoms with van der Waals surface area (Å²) in [5.41, 5.74) is -0.242. The molecule has 0 aliphatic carbocycles. The Bertz CT molecular complexity index is 777. The fourth-order valence-corrected chi connectivity index (χ4v) is 4.88. The van der Waals surface area contributed by atoms with Gasteiger partial charge in [-0.25, -0.2) is 4.79 Å². The van der Waals surface area contributed by atoms with Crippen LogP contribution in [0.3, 0.4) is 0 Å². The molecule has 0 aromatic carbocycles. The van der Waals surface area contributed by atoms with Gasteiger partial charge in [0.2, 0.25) is 0 Å². The number of hydrogen-bond donors (Lipinski definition) is 4. The van der Waals surface area contributed by atoms with Crippen molar-refractivity contribution in [3.63, 3.8) is 0 Å². The van der Waals surface area contributed by atoms with Gasteiger partial charge in [0.15, 0.2) is 11.9 Å². The summed E-state index contributed by atoms with van der Waals surface area (Å²) in [7, 11) is 2.79. The summed E-state index contributed by atoms with van der Waals surface area (Å²) in [6.07, 6.45) is -3.96. The molecule has 4 N–H and O–H groups in total. The molecule has 0 aromatic rings. The zero-order valence-electron chi connectivity index (χ0n) is 22.3. The summed E-state index contributed by atoms with van der Waals surface area (Å²) < 4.78 is 22.7. The molecule has 208 valence electrons. The maximum absolute atomic E-state index is 13.0. The smallest absolute Gasteiger partial charge is 0.338 e. The Morgan fingerprint density at radius 1 is 1.17 bits per heavy atom. The van der Waals surface area contributed by atoms with Gasteiger partial charge in [0.25, 0.3) is 0 Å². The highest BCUT2D eigenvalue weighted by Gasteiger charge is 2.52. The van der Waals surface area contributed by atoms with Gasteiger partial charge >= 0.3 is 5.97 Å². The number of Topliss-reactive ketones (excluding diaryl/α,β-unsaturated/α-hetero) is 1. The Labute approximate surface area is 213 Å². The van der Waals surface area contributed by atoms with Crippen LogP contribution >= 0.6 is 0 Å². The molecule has 8 unspecified atom stereocenters. The van der Waals surface area contributed by atoms with Crippen LogP contribution in [0.1, 0.15) is 66.2 Å². The highest BCUT2D eigenvalue weighted by atomic mass is 16.6. The fraction of sp³-hybridized carbons (Fsp3) is 0.846. The Kier molecular flexibility index (Phi) is 11.0. The molecule has 10 nitrogen and oxygen atoms in total. The number of hydrogen-bond acceptors (Lipinski definition) is 10. The Hall–Kier alpha value is -1.40. The van der Waals surface area contributed by atoms with Gasteiger partial charge in [-0.2, -0.15) is 0 Å². The molecule has 2 rings (SSSR count). The molecule has 2 bridgehead atoms. The van der Waals surface area contributed by atoms with Gasteiger partial charge in [0.1, 0.15) is 11.9 Å². The van der Waals surface area contributed by atoms with Gasteiger partial charge in [-0.15, -0.1) is 0 Å². The number of methoxy groups -OCH3 is 2. The minimum absolute atomic E-state index is 0.0702. The van der Waals surface area contributed by atoms with Crippen molar-refractivity contribution in [2.75, 3.05) is 20.8 Å². The normalized spacial score (nSPS) is 37.7. The Morgan fingerprint density at radius 2 is 1.83 bits per heavy atom. The number of fused-ring (bicyclic) bond motifs is 2.